The van der Waals surface area contributed by atoms with E-state index in [1.54, 1.807) is 4.90 Å². The lowest BCUT2D eigenvalue weighted by atomic mass is 9.75. The van der Waals surface area contributed by atoms with Crippen LogP contribution in [0.4, 0.5) is 0 Å². The number of hydrogen-bond donors (Lipinski definition) is 0. The Morgan fingerprint density at radius 2 is 2.23 bits per heavy atom. The summed E-state index contributed by atoms with van der Waals surface area (Å²) in [5.41, 5.74) is 1.70. The van der Waals surface area contributed by atoms with E-state index in [1.807, 2.05) is 27.9 Å². The van der Waals surface area contributed by atoms with Crippen molar-refractivity contribution in [1.29, 1.82) is 0 Å². The molecule has 2 fully saturated rings. The Morgan fingerprint density at radius 1 is 1.45 bits per heavy atom. The van der Waals surface area contributed by atoms with Crippen LogP contribution in [0.25, 0.3) is 0 Å². The first-order chi connectivity index (χ1) is 10.4. The van der Waals surface area contributed by atoms with Crippen LogP contribution in [0.3, 0.4) is 0 Å². The molecule has 6 heteroatoms. The summed E-state index contributed by atoms with van der Waals surface area (Å²) in [6.07, 6.45) is 1.78. The van der Waals surface area contributed by atoms with Gasteiger partial charge in [0.1, 0.15) is 5.76 Å². The molecule has 0 N–H and O–H groups in total. The topological polar surface area (TPSA) is 58.8 Å². The van der Waals surface area contributed by atoms with Crippen LogP contribution in [0.5, 0.6) is 0 Å². The molecule has 122 valence electrons. The highest BCUT2D eigenvalue weighted by Gasteiger charge is 2.53. The molecule has 0 unspecified atom stereocenters. The van der Waals surface area contributed by atoms with Gasteiger partial charge in [-0.1, -0.05) is 5.16 Å². The number of ether oxygens (including phenoxy) is 1. The lowest BCUT2D eigenvalue weighted by Crippen LogP contribution is -2.56. The monoisotopic (exact) mass is 307 g/mol. The average Bonchev–Trinajstić information content (AvgIpc) is 3.05. The van der Waals surface area contributed by atoms with Gasteiger partial charge in [0.2, 0.25) is 5.91 Å². The summed E-state index contributed by atoms with van der Waals surface area (Å²) >= 11 is 0. The molecule has 0 saturated carbocycles. The maximum Gasteiger partial charge on any atom is 0.232 e. The van der Waals surface area contributed by atoms with E-state index in [0.717, 1.165) is 49.5 Å². The molecular weight excluding hydrogens is 282 g/mol. The van der Waals surface area contributed by atoms with Crippen LogP contribution >= 0.6 is 0 Å². The van der Waals surface area contributed by atoms with Gasteiger partial charge < -0.3 is 14.2 Å². The first kappa shape index (κ1) is 15.5. The summed E-state index contributed by atoms with van der Waals surface area (Å²) in [6.45, 7) is 7.08. The van der Waals surface area contributed by atoms with Gasteiger partial charge >= 0.3 is 0 Å². The van der Waals surface area contributed by atoms with Gasteiger partial charge in [-0.25, -0.2) is 0 Å². The van der Waals surface area contributed by atoms with Gasteiger partial charge in [-0.2, -0.15) is 0 Å². The van der Waals surface area contributed by atoms with E-state index in [9.17, 15) is 4.79 Å². The van der Waals surface area contributed by atoms with E-state index in [-0.39, 0.29) is 17.4 Å². The Balaban J connectivity index is 1.80. The number of aryl methyl sites for hydroxylation is 2. The molecule has 2 atom stereocenters. The highest BCUT2D eigenvalue weighted by molar-refractivity contribution is 5.83. The lowest BCUT2D eigenvalue weighted by Gasteiger charge is -2.43. The number of amides is 1. The molecule has 0 aliphatic carbocycles. The third-order valence-electron chi connectivity index (χ3n) is 5.09. The summed E-state index contributed by atoms with van der Waals surface area (Å²) in [7, 11) is 3.67. The standard InChI is InChI=1S/C16H25N3O3/c1-11-13(12(2)22-17-11)9-19-7-5-14-16(10-19,6-8-21-14)15(20)18(3)4/h14H,5-10H2,1-4H3/t14-,16-/m1/s1. The van der Waals surface area contributed by atoms with Crippen molar-refractivity contribution in [3.8, 4) is 0 Å². The fourth-order valence-electron chi connectivity index (χ4n) is 3.87. The maximum absolute atomic E-state index is 12.8. The molecule has 0 spiro atoms. The number of carbonyl (C=O) groups excluding carboxylic acids is 1. The van der Waals surface area contributed by atoms with Crippen molar-refractivity contribution < 1.29 is 14.1 Å². The van der Waals surface area contributed by atoms with Gasteiger partial charge in [-0.3, -0.25) is 9.69 Å². The molecule has 3 heterocycles. The molecule has 2 aliphatic heterocycles. The number of likely N-dealkylation sites (tertiary alicyclic amines) is 1. The molecular formula is C16H25N3O3. The number of hydrogen-bond acceptors (Lipinski definition) is 5. The van der Waals surface area contributed by atoms with Gasteiger partial charge in [0, 0.05) is 45.9 Å². The fraction of sp³-hybridized carbons (Fsp3) is 0.750. The van der Waals surface area contributed by atoms with Crippen LogP contribution in [-0.4, -0.2) is 60.8 Å². The van der Waals surface area contributed by atoms with Crippen molar-refractivity contribution in [2.75, 3.05) is 33.8 Å². The van der Waals surface area contributed by atoms with E-state index in [2.05, 4.69) is 10.1 Å². The molecule has 6 nitrogen and oxygen atoms in total. The van der Waals surface area contributed by atoms with E-state index in [4.69, 9.17) is 9.26 Å². The van der Waals surface area contributed by atoms with Crippen molar-refractivity contribution in [3.63, 3.8) is 0 Å². The number of nitrogens with zero attached hydrogens (tertiary/aromatic N) is 3. The minimum Gasteiger partial charge on any atom is -0.377 e. The Labute approximate surface area is 131 Å². The molecule has 22 heavy (non-hydrogen) atoms. The highest BCUT2D eigenvalue weighted by Crippen LogP contribution is 2.42. The zero-order chi connectivity index (χ0) is 15.9. The van der Waals surface area contributed by atoms with Gasteiger partial charge in [0.05, 0.1) is 17.2 Å². The van der Waals surface area contributed by atoms with Crippen molar-refractivity contribution in [1.82, 2.24) is 15.0 Å². The second-order valence-electron chi connectivity index (χ2n) is 6.77. The number of rotatable bonds is 3. The molecule has 2 aliphatic rings. The van der Waals surface area contributed by atoms with Crippen molar-refractivity contribution in [2.45, 2.75) is 39.3 Å². The Bertz CT molecular complexity index is 549. The highest BCUT2D eigenvalue weighted by atomic mass is 16.5. The van der Waals surface area contributed by atoms with Crippen LogP contribution in [-0.2, 0) is 16.1 Å². The first-order valence-electron chi connectivity index (χ1n) is 7.91. The molecule has 1 aromatic rings. The zero-order valence-electron chi connectivity index (χ0n) is 13.9. The smallest absolute Gasteiger partial charge is 0.232 e. The maximum atomic E-state index is 12.8. The van der Waals surface area contributed by atoms with Gasteiger partial charge in [0.25, 0.3) is 0 Å². The van der Waals surface area contributed by atoms with E-state index in [1.165, 1.54) is 0 Å². The van der Waals surface area contributed by atoms with E-state index in [0.29, 0.717) is 6.61 Å². The molecule has 3 rings (SSSR count). The number of carbonyl (C=O) groups is 1. The third kappa shape index (κ3) is 2.44. The third-order valence-corrected chi connectivity index (χ3v) is 5.09. The summed E-state index contributed by atoms with van der Waals surface area (Å²) in [6, 6.07) is 0. The van der Waals surface area contributed by atoms with Crippen molar-refractivity contribution in [3.05, 3.63) is 17.0 Å². The summed E-state index contributed by atoms with van der Waals surface area (Å²) in [5, 5.41) is 4.03. The van der Waals surface area contributed by atoms with E-state index < -0.39 is 0 Å². The summed E-state index contributed by atoms with van der Waals surface area (Å²) in [4.78, 5) is 16.8. The van der Waals surface area contributed by atoms with Gasteiger partial charge in [-0.15, -0.1) is 0 Å². The second-order valence-corrected chi connectivity index (χ2v) is 6.77. The Hall–Kier alpha value is -1.40. The molecule has 2 saturated heterocycles. The van der Waals surface area contributed by atoms with Crippen LogP contribution < -0.4 is 0 Å². The zero-order valence-corrected chi connectivity index (χ0v) is 13.9. The Morgan fingerprint density at radius 3 is 2.86 bits per heavy atom. The fourth-order valence-corrected chi connectivity index (χ4v) is 3.87. The predicted octanol–water partition coefficient (Wildman–Crippen LogP) is 1.36. The van der Waals surface area contributed by atoms with E-state index >= 15 is 0 Å². The van der Waals surface area contributed by atoms with Crippen LogP contribution in [0.15, 0.2) is 4.52 Å². The van der Waals surface area contributed by atoms with Crippen LogP contribution in [0.1, 0.15) is 29.9 Å². The minimum atomic E-state index is -0.388. The minimum absolute atomic E-state index is 0.0586. The SMILES string of the molecule is Cc1noc(C)c1CN1CC[C@H]2OCC[C@@]2(C(=O)N(C)C)C1. The van der Waals surface area contributed by atoms with Gasteiger partial charge in [-0.05, 0) is 26.7 Å². The molecule has 1 aromatic heterocycles. The predicted molar refractivity (Wildman–Crippen MR) is 81.4 cm³/mol. The van der Waals surface area contributed by atoms with Crippen molar-refractivity contribution >= 4 is 5.91 Å². The molecule has 0 bridgehead atoms. The summed E-state index contributed by atoms with van der Waals surface area (Å²) in [5.74, 6) is 1.06. The number of fused-ring (bicyclic) bond motifs is 1. The molecule has 0 aromatic carbocycles. The number of aromatic nitrogens is 1. The summed E-state index contributed by atoms with van der Waals surface area (Å²) < 4.78 is 11.1. The normalized spacial score (nSPS) is 28.6. The van der Waals surface area contributed by atoms with Crippen LogP contribution in [0.2, 0.25) is 0 Å². The number of piperidine rings is 1. The quantitative estimate of drug-likeness (QED) is 0.844. The first-order valence-corrected chi connectivity index (χ1v) is 7.91. The molecule has 0 radical (unpaired) electrons. The van der Waals surface area contributed by atoms with Crippen molar-refractivity contribution in [2.24, 2.45) is 5.41 Å². The largest absolute Gasteiger partial charge is 0.377 e. The lowest BCUT2D eigenvalue weighted by molar-refractivity contribution is -0.148. The average molecular weight is 307 g/mol. The second kappa shape index (κ2) is 5.66. The molecule has 1 amide bonds. The Kier molecular flexibility index (Phi) is 3.99. The van der Waals surface area contributed by atoms with Crippen LogP contribution in [0, 0.1) is 19.3 Å². The van der Waals surface area contributed by atoms with Gasteiger partial charge in [0.15, 0.2) is 0 Å².